The van der Waals surface area contributed by atoms with Crippen LogP contribution in [-0.4, -0.2) is 24.3 Å². The molecule has 0 atom stereocenters. The highest BCUT2D eigenvalue weighted by atomic mass is 79.9. The van der Waals surface area contributed by atoms with Crippen molar-refractivity contribution in [1.29, 1.82) is 0 Å². The molecule has 0 unspecified atom stereocenters. The Morgan fingerprint density at radius 1 is 1.44 bits per heavy atom. The third-order valence-corrected chi connectivity index (χ3v) is 2.72. The lowest BCUT2D eigenvalue weighted by Crippen LogP contribution is -2.07. The van der Waals surface area contributed by atoms with E-state index in [1.807, 2.05) is 0 Å². The first-order valence-corrected chi connectivity index (χ1v) is 6.47. The number of rotatable bonds is 7. The molecular formula is C12H13BrF2O3. The quantitative estimate of drug-likeness (QED) is 0.723. The van der Waals surface area contributed by atoms with Gasteiger partial charge in [0.2, 0.25) is 0 Å². The zero-order valence-corrected chi connectivity index (χ0v) is 11.4. The van der Waals surface area contributed by atoms with Gasteiger partial charge in [0, 0.05) is 12.0 Å². The molecular weight excluding hydrogens is 310 g/mol. The van der Waals surface area contributed by atoms with E-state index in [4.69, 9.17) is 4.74 Å². The smallest absolute Gasteiger partial charge is 0.387 e. The summed E-state index contributed by atoms with van der Waals surface area (Å²) in [4.78, 5) is 11.4. The largest absolute Gasteiger partial charge is 0.494 e. The van der Waals surface area contributed by atoms with Gasteiger partial charge in [0.1, 0.15) is 17.3 Å². The Bertz CT molecular complexity index is 410. The summed E-state index contributed by atoms with van der Waals surface area (Å²) in [6, 6.07) is 4.31. The zero-order valence-electron chi connectivity index (χ0n) is 9.79. The van der Waals surface area contributed by atoms with Crippen LogP contribution < -0.4 is 9.47 Å². The number of hydrogen-bond donors (Lipinski definition) is 0. The second-order valence-corrected chi connectivity index (χ2v) is 3.99. The van der Waals surface area contributed by atoms with Crippen molar-refractivity contribution in [3.8, 4) is 11.5 Å². The molecule has 1 rings (SSSR count). The summed E-state index contributed by atoms with van der Waals surface area (Å²) in [5.41, 5.74) is 0.541. The normalized spacial score (nSPS) is 10.5. The van der Waals surface area contributed by atoms with Crippen LogP contribution >= 0.6 is 15.9 Å². The number of Topliss-reactive ketones (excluding diaryl/α,β-unsaturated/α-hetero) is 1. The molecule has 0 N–H and O–H groups in total. The maximum absolute atomic E-state index is 12.1. The van der Waals surface area contributed by atoms with Crippen molar-refractivity contribution in [3.05, 3.63) is 23.8 Å². The van der Waals surface area contributed by atoms with Gasteiger partial charge in [-0.05, 0) is 25.1 Å². The summed E-state index contributed by atoms with van der Waals surface area (Å²) >= 11 is 3.05. The number of halogens is 3. The van der Waals surface area contributed by atoms with Crippen molar-refractivity contribution >= 4 is 21.7 Å². The van der Waals surface area contributed by atoms with E-state index in [0.717, 1.165) is 0 Å². The molecule has 0 radical (unpaired) electrons. The van der Waals surface area contributed by atoms with E-state index in [1.165, 1.54) is 18.2 Å². The van der Waals surface area contributed by atoms with Gasteiger partial charge in [0.05, 0.1) is 11.9 Å². The Labute approximate surface area is 112 Å². The van der Waals surface area contributed by atoms with Gasteiger partial charge in [-0.25, -0.2) is 0 Å². The minimum absolute atomic E-state index is 0.0193. The Morgan fingerprint density at radius 3 is 2.72 bits per heavy atom. The number of benzene rings is 1. The molecule has 0 saturated heterocycles. The summed E-state index contributed by atoms with van der Waals surface area (Å²) in [6.07, 6.45) is 0.112. The van der Waals surface area contributed by atoms with Gasteiger partial charge in [-0.2, -0.15) is 8.78 Å². The zero-order chi connectivity index (χ0) is 13.5. The van der Waals surface area contributed by atoms with Crippen molar-refractivity contribution in [2.75, 3.05) is 11.9 Å². The predicted molar refractivity (Wildman–Crippen MR) is 66.7 cm³/mol. The molecule has 18 heavy (non-hydrogen) atoms. The van der Waals surface area contributed by atoms with Gasteiger partial charge in [0.15, 0.2) is 0 Å². The number of alkyl halides is 3. The van der Waals surface area contributed by atoms with Crippen LogP contribution in [0.1, 0.15) is 12.5 Å². The molecule has 0 fully saturated rings. The van der Waals surface area contributed by atoms with Crippen LogP contribution in [0, 0.1) is 0 Å². The third kappa shape index (κ3) is 4.60. The van der Waals surface area contributed by atoms with Crippen molar-refractivity contribution in [3.63, 3.8) is 0 Å². The van der Waals surface area contributed by atoms with Gasteiger partial charge in [-0.1, -0.05) is 15.9 Å². The van der Waals surface area contributed by atoms with Crippen LogP contribution in [0.25, 0.3) is 0 Å². The topological polar surface area (TPSA) is 35.5 Å². The maximum atomic E-state index is 12.1. The molecule has 0 aliphatic rings. The van der Waals surface area contributed by atoms with Crippen LogP contribution in [-0.2, 0) is 11.2 Å². The van der Waals surface area contributed by atoms with Crippen LogP contribution in [0.15, 0.2) is 18.2 Å². The summed E-state index contributed by atoms with van der Waals surface area (Å²) in [7, 11) is 0. The fourth-order valence-electron chi connectivity index (χ4n) is 1.43. The minimum atomic E-state index is -2.89. The average Bonchev–Trinajstić information content (AvgIpc) is 2.31. The van der Waals surface area contributed by atoms with E-state index >= 15 is 0 Å². The Hall–Kier alpha value is -1.17. The van der Waals surface area contributed by atoms with E-state index < -0.39 is 6.61 Å². The molecule has 0 amide bonds. The SMILES string of the molecule is CCOc1ccc(OC(F)F)cc1CC(=O)CBr. The van der Waals surface area contributed by atoms with Gasteiger partial charge in [-0.15, -0.1) is 0 Å². The van der Waals surface area contributed by atoms with Gasteiger partial charge in [-0.3, -0.25) is 4.79 Å². The number of hydrogen-bond acceptors (Lipinski definition) is 3. The molecule has 0 aliphatic heterocycles. The van der Waals surface area contributed by atoms with Gasteiger partial charge < -0.3 is 9.47 Å². The summed E-state index contributed by atoms with van der Waals surface area (Å²) in [6.45, 7) is -0.646. The molecule has 3 nitrogen and oxygen atoms in total. The maximum Gasteiger partial charge on any atom is 0.387 e. The lowest BCUT2D eigenvalue weighted by atomic mass is 10.1. The van der Waals surface area contributed by atoms with Crippen molar-refractivity contribution in [2.24, 2.45) is 0 Å². The van der Waals surface area contributed by atoms with E-state index in [0.29, 0.717) is 17.9 Å². The van der Waals surface area contributed by atoms with Crippen LogP contribution in [0.5, 0.6) is 11.5 Å². The van der Waals surface area contributed by atoms with E-state index in [2.05, 4.69) is 20.7 Å². The first-order valence-electron chi connectivity index (χ1n) is 5.35. The summed E-state index contributed by atoms with van der Waals surface area (Å²) in [5.74, 6) is 0.462. The van der Waals surface area contributed by atoms with Crippen LogP contribution in [0.3, 0.4) is 0 Å². The fourth-order valence-corrected chi connectivity index (χ4v) is 1.62. The van der Waals surface area contributed by atoms with E-state index in [1.54, 1.807) is 6.92 Å². The Morgan fingerprint density at radius 2 is 2.17 bits per heavy atom. The molecule has 0 aliphatic carbocycles. The predicted octanol–water partition coefficient (Wildman–Crippen LogP) is 3.19. The monoisotopic (exact) mass is 322 g/mol. The standard InChI is InChI=1S/C12H13BrF2O3/c1-2-17-11-4-3-10(18-12(14)15)6-8(11)5-9(16)7-13/h3-4,6,12H,2,5,7H2,1H3. The highest BCUT2D eigenvalue weighted by molar-refractivity contribution is 9.09. The van der Waals surface area contributed by atoms with E-state index in [-0.39, 0.29) is 23.3 Å². The molecule has 0 spiro atoms. The van der Waals surface area contributed by atoms with Crippen LogP contribution in [0.2, 0.25) is 0 Å². The molecule has 1 aromatic carbocycles. The Kier molecular flexibility index (Phi) is 6.04. The highest BCUT2D eigenvalue weighted by Crippen LogP contribution is 2.26. The molecule has 0 bridgehead atoms. The second-order valence-electron chi connectivity index (χ2n) is 3.43. The molecule has 0 aromatic heterocycles. The van der Waals surface area contributed by atoms with E-state index in [9.17, 15) is 13.6 Å². The average molecular weight is 323 g/mol. The minimum Gasteiger partial charge on any atom is -0.494 e. The van der Waals surface area contributed by atoms with Crippen molar-refractivity contribution < 1.29 is 23.0 Å². The summed E-state index contributed by atoms with van der Waals surface area (Å²) in [5, 5.41) is 0.207. The number of carbonyl (C=O) groups excluding carboxylic acids is 1. The highest BCUT2D eigenvalue weighted by Gasteiger charge is 2.12. The second kappa shape index (κ2) is 7.31. The number of carbonyl (C=O) groups is 1. The fraction of sp³-hybridized carbons (Fsp3) is 0.417. The van der Waals surface area contributed by atoms with Gasteiger partial charge >= 0.3 is 6.61 Å². The molecule has 1 aromatic rings. The molecule has 100 valence electrons. The molecule has 0 heterocycles. The number of ether oxygens (including phenoxy) is 2. The van der Waals surface area contributed by atoms with Crippen LogP contribution in [0.4, 0.5) is 8.78 Å². The summed E-state index contributed by atoms with van der Waals surface area (Å²) < 4.78 is 33.8. The first kappa shape index (κ1) is 14.9. The molecule has 6 heteroatoms. The third-order valence-electron chi connectivity index (χ3n) is 2.09. The number of ketones is 1. The lowest BCUT2D eigenvalue weighted by Gasteiger charge is -2.12. The molecule has 0 saturated carbocycles. The lowest BCUT2D eigenvalue weighted by molar-refractivity contribution is -0.115. The van der Waals surface area contributed by atoms with Gasteiger partial charge in [0.25, 0.3) is 0 Å². The van der Waals surface area contributed by atoms with Crippen molar-refractivity contribution in [2.45, 2.75) is 20.0 Å². The first-order chi connectivity index (χ1) is 8.56. The van der Waals surface area contributed by atoms with Crippen molar-refractivity contribution in [1.82, 2.24) is 0 Å². The Balaban J connectivity index is 2.95.